The summed E-state index contributed by atoms with van der Waals surface area (Å²) in [5.74, 6) is 0.0363. The third-order valence-corrected chi connectivity index (χ3v) is 8.06. The molecule has 8 heteroatoms. The molecule has 2 aliphatic heterocycles. The molecule has 24 heavy (non-hydrogen) atoms. The highest BCUT2D eigenvalue weighted by atomic mass is 32.2. The fourth-order valence-corrected chi connectivity index (χ4v) is 6.22. The first-order chi connectivity index (χ1) is 11.6. The van der Waals surface area contributed by atoms with Gasteiger partial charge in [-0.15, -0.1) is 0 Å². The first kappa shape index (κ1) is 16.8. The van der Waals surface area contributed by atoms with Crippen LogP contribution >= 0.6 is 0 Å². The van der Waals surface area contributed by atoms with E-state index in [2.05, 4.69) is 0 Å². The van der Waals surface area contributed by atoms with Crippen LogP contribution in [0.5, 0.6) is 0 Å². The van der Waals surface area contributed by atoms with Crippen LogP contribution < -0.4 is 0 Å². The summed E-state index contributed by atoms with van der Waals surface area (Å²) < 4.78 is 38.6. The Balaban J connectivity index is 1.36. The van der Waals surface area contributed by atoms with Crippen molar-refractivity contribution in [3.05, 3.63) is 0 Å². The standard InChI is InChI=1S/C16H26N2O5S/c19-15(17-7-1-2-8-17)11-23-14-6-5-13-16(14)22-10-9-18(13)24(20,21)12-3-4-12/h12-14,16H,1-11H2/t13-,14+,16+/m1/s1. The van der Waals surface area contributed by atoms with Crippen molar-refractivity contribution < 1.29 is 22.7 Å². The van der Waals surface area contributed by atoms with Crippen molar-refractivity contribution in [2.45, 2.75) is 62.0 Å². The van der Waals surface area contributed by atoms with Gasteiger partial charge in [0.1, 0.15) is 12.7 Å². The van der Waals surface area contributed by atoms with Crippen LogP contribution in [-0.2, 0) is 24.3 Å². The number of ether oxygens (including phenoxy) is 2. The average Bonchev–Trinajstić information content (AvgIpc) is 3.15. The van der Waals surface area contributed by atoms with Crippen molar-refractivity contribution >= 4 is 15.9 Å². The number of nitrogens with zero attached hydrogens (tertiary/aromatic N) is 2. The summed E-state index contributed by atoms with van der Waals surface area (Å²) in [5.41, 5.74) is 0. The number of hydrogen-bond acceptors (Lipinski definition) is 5. The van der Waals surface area contributed by atoms with E-state index < -0.39 is 10.0 Å². The van der Waals surface area contributed by atoms with Gasteiger partial charge in [-0.05, 0) is 38.5 Å². The summed E-state index contributed by atoms with van der Waals surface area (Å²) in [6.45, 7) is 2.57. The number of fused-ring (bicyclic) bond motifs is 1. The molecule has 4 rings (SSSR count). The van der Waals surface area contributed by atoms with Crippen molar-refractivity contribution in [2.75, 3.05) is 32.8 Å². The van der Waals surface area contributed by atoms with Crippen molar-refractivity contribution in [2.24, 2.45) is 0 Å². The van der Waals surface area contributed by atoms with Crippen LogP contribution in [0.1, 0.15) is 38.5 Å². The first-order valence-corrected chi connectivity index (χ1v) is 10.6. The number of hydrogen-bond donors (Lipinski definition) is 0. The summed E-state index contributed by atoms with van der Waals surface area (Å²) in [4.78, 5) is 14.0. The summed E-state index contributed by atoms with van der Waals surface area (Å²) in [6.07, 6.45) is 4.77. The van der Waals surface area contributed by atoms with Gasteiger partial charge in [-0.3, -0.25) is 4.79 Å². The molecule has 0 N–H and O–H groups in total. The zero-order valence-corrected chi connectivity index (χ0v) is 14.7. The monoisotopic (exact) mass is 358 g/mol. The third kappa shape index (κ3) is 3.09. The fraction of sp³-hybridized carbons (Fsp3) is 0.938. The minimum Gasteiger partial charge on any atom is -0.372 e. The van der Waals surface area contributed by atoms with Gasteiger partial charge in [0.25, 0.3) is 0 Å². The fourth-order valence-electron chi connectivity index (χ4n) is 4.17. The predicted molar refractivity (Wildman–Crippen MR) is 87.0 cm³/mol. The van der Waals surface area contributed by atoms with Gasteiger partial charge in [-0.1, -0.05) is 0 Å². The molecular formula is C16H26N2O5S. The summed E-state index contributed by atoms with van der Waals surface area (Å²) in [5, 5.41) is -0.187. The molecule has 136 valence electrons. The van der Waals surface area contributed by atoms with E-state index in [0.29, 0.717) is 13.2 Å². The second kappa shape index (κ2) is 6.55. The molecule has 0 aromatic rings. The molecule has 0 aromatic heterocycles. The van der Waals surface area contributed by atoms with Crippen LogP contribution in [0.3, 0.4) is 0 Å². The van der Waals surface area contributed by atoms with Gasteiger partial charge in [0.15, 0.2) is 0 Å². The van der Waals surface area contributed by atoms with Gasteiger partial charge in [0, 0.05) is 19.6 Å². The zero-order chi connectivity index (χ0) is 16.7. The maximum atomic E-state index is 12.6. The number of carbonyl (C=O) groups is 1. The Bertz CT molecular complexity index is 585. The van der Waals surface area contributed by atoms with Crippen LogP contribution in [0.2, 0.25) is 0 Å². The van der Waals surface area contributed by atoms with Gasteiger partial charge in [-0.25, -0.2) is 8.42 Å². The van der Waals surface area contributed by atoms with Crippen molar-refractivity contribution in [3.63, 3.8) is 0 Å². The largest absolute Gasteiger partial charge is 0.372 e. The van der Waals surface area contributed by atoms with E-state index in [1.807, 2.05) is 4.90 Å². The molecule has 0 bridgehead atoms. The Morgan fingerprint density at radius 2 is 1.83 bits per heavy atom. The summed E-state index contributed by atoms with van der Waals surface area (Å²) >= 11 is 0. The molecule has 0 spiro atoms. The molecule has 2 saturated carbocycles. The third-order valence-electron chi connectivity index (χ3n) is 5.64. The minimum atomic E-state index is -3.19. The zero-order valence-electron chi connectivity index (χ0n) is 13.9. The van der Waals surface area contributed by atoms with Crippen molar-refractivity contribution in [1.82, 2.24) is 9.21 Å². The van der Waals surface area contributed by atoms with Gasteiger partial charge in [-0.2, -0.15) is 4.31 Å². The Kier molecular flexibility index (Phi) is 4.57. The maximum Gasteiger partial charge on any atom is 0.248 e. The second-order valence-corrected chi connectivity index (χ2v) is 9.44. The quantitative estimate of drug-likeness (QED) is 0.709. The van der Waals surface area contributed by atoms with Gasteiger partial charge in [0.05, 0.1) is 24.0 Å². The maximum absolute atomic E-state index is 12.6. The van der Waals surface area contributed by atoms with Crippen LogP contribution in [0.25, 0.3) is 0 Å². The second-order valence-electron chi connectivity index (χ2n) is 7.27. The molecule has 3 atom stereocenters. The first-order valence-electron chi connectivity index (χ1n) is 9.09. The normalized spacial score (nSPS) is 34.5. The molecule has 4 aliphatic rings. The molecule has 2 aliphatic carbocycles. The van der Waals surface area contributed by atoms with E-state index in [1.165, 1.54) is 0 Å². The van der Waals surface area contributed by atoms with Crippen molar-refractivity contribution in [3.8, 4) is 0 Å². The lowest BCUT2D eigenvalue weighted by molar-refractivity contribution is -0.143. The average molecular weight is 358 g/mol. The highest BCUT2D eigenvalue weighted by molar-refractivity contribution is 7.90. The lowest BCUT2D eigenvalue weighted by Crippen LogP contribution is -2.54. The summed E-state index contributed by atoms with van der Waals surface area (Å²) in [7, 11) is -3.19. The predicted octanol–water partition coefficient (Wildman–Crippen LogP) is 0.349. The molecule has 0 aromatic carbocycles. The van der Waals surface area contributed by atoms with E-state index >= 15 is 0 Å². The van der Waals surface area contributed by atoms with E-state index in [0.717, 1.165) is 51.6 Å². The van der Waals surface area contributed by atoms with Gasteiger partial charge >= 0.3 is 0 Å². The minimum absolute atomic E-state index is 0.0363. The van der Waals surface area contributed by atoms with Crippen LogP contribution in [0.4, 0.5) is 0 Å². The Morgan fingerprint density at radius 1 is 1.08 bits per heavy atom. The van der Waals surface area contributed by atoms with E-state index in [4.69, 9.17) is 9.47 Å². The van der Waals surface area contributed by atoms with E-state index in [1.54, 1.807) is 4.31 Å². The highest BCUT2D eigenvalue weighted by Gasteiger charge is 2.51. The molecular weight excluding hydrogens is 332 g/mol. The molecule has 2 saturated heterocycles. The van der Waals surface area contributed by atoms with E-state index in [-0.39, 0.29) is 36.0 Å². The Hall–Kier alpha value is -0.700. The Morgan fingerprint density at radius 3 is 2.54 bits per heavy atom. The molecule has 4 fully saturated rings. The summed E-state index contributed by atoms with van der Waals surface area (Å²) in [6, 6.07) is -0.128. The van der Waals surface area contributed by atoms with Gasteiger partial charge in [0.2, 0.25) is 15.9 Å². The number of likely N-dealkylation sites (tertiary alicyclic amines) is 1. The molecule has 1 amide bonds. The lowest BCUT2D eigenvalue weighted by atomic mass is 10.1. The van der Waals surface area contributed by atoms with Crippen LogP contribution in [0, 0.1) is 0 Å². The lowest BCUT2D eigenvalue weighted by Gasteiger charge is -2.38. The molecule has 2 heterocycles. The molecule has 0 unspecified atom stereocenters. The van der Waals surface area contributed by atoms with Crippen molar-refractivity contribution in [1.29, 1.82) is 0 Å². The number of amides is 1. The SMILES string of the molecule is O=C(CO[C@H]1CC[C@@H]2[C@@H]1OCCN2S(=O)(=O)C1CC1)N1CCCC1. The number of carbonyl (C=O) groups excluding carboxylic acids is 1. The number of morpholine rings is 1. The molecule has 0 radical (unpaired) electrons. The topological polar surface area (TPSA) is 76.1 Å². The smallest absolute Gasteiger partial charge is 0.248 e. The van der Waals surface area contributed by atoms with E-state index in [9.17, 15) is 13.2 Å². The number of rotatable bonds is 5. The Labute approximate surface area is 143 Å². The van der Waals surface area contributed by atoms with Crippen LogP contribution in [-0.4, -0.2) is 79.9 Å². The van der Waals surface area contributed by atoms with Gasteiger partial charge < -0.3 is 14.4 Å². The van der Waals surface area contributed by atoms with Crippen LogP contribution in [0.15, 0.2) is 0 Å². The molecule has 7 nitrogen and oxygen atoms in total. The highest BCUT2D eigenvalue weighted by Crippen LogP contribution is 2.38. The number of sulfonamides is 1.